The number of halogens is 1. The van der Waals surface area contributed by atoms with Gasteiger partial charge in [-0.05, 0) is 42.5 Å². The first kappa shape index (κ1) is 22.5. The monoisotopic (exact) mass is 486 g/mol. The second-order valence-corrected chi connectivity index (χ2v) is 10.2. The van der Waals surface area contributed by atoms with Gasteiger partial charge in [0.1, 0.15) is 5.75 Å². The molecule has 1 heterocycles. The Morgan fingerprint density at radius 1 is 1.17 bits per heavy atom. The summed E-state index contributed by atoms with van der Waals surface area (Å²) in [6.07, 6.45) is 0.855. The number of hydrogen-bond acceptors (Lipinski definition) is 4. The third kappa shape index (κ3) is 5.49. The van der Waals surface area contributed by atoms with Gasteiger partial charge in [0.2, 0.25) is 0 Å². The predicted molar refractivity (Wildman–Crippen MR) is 129 cm³/mol. The van der Waals surface area contributed by atoms with E-state index in [9.17, 15) is 4.79 Å². The van der Waals surface area contributed by atoms with Gasteiger partial charge in [0.05, 0.1) is 5.69 Å². The number of aryl methyl sites for hydroxylation is 2. The van der Waals surface area contributed by atoms with Crippen molar-refractivity contribution < 1.29 is 9.53 Å². The summed E-state index contributed by atoms with van der Waals surface area (Å²) in [4.78, 5) is 18.3. The van der Waals surface area contributed by atoms with Crippen LogP contribution in [0, 0.1) is 6.92 Å². The lowest BCUT2D eigenvalue weighted by Crippen LogP contribution is -2.22. The zero-order valence-electron chi connectivity index (χ0n) is 18.0. The number of hydrogen-bond donors (Lipinski definition) is 1. The molecular weight excluding hydrogens is 460 g/mol. The van der Waals surface area contributed by atoms with E-state index >= 15 is 0 Å². The van der Waals surface area contributed by atoms with Crippen molar-refractivity contribution in [2.45, 2.75) is 46.5 Å². The molecule has 1 amide bonds. The van der Waals surface area contributed by atoms with Gasteiger partial charge in [-0.3, -0.25) is 10.1 Å². The average molecular weight is 487 g/mol. The molecule has 0 spiro atoms. The number of nitrogens with one attached hydrogen (secondary N) is 1. The maximum atomic E-state index is 12.5. The van der Waals surface area contributed by atoms with Crippen molar-refractivity contribution in [1.29, 1.82) is 0 Å². The summed E-state index contributed by atoms with van der Waals surface area (Å²) >= 11 is 4.97. The predicted octanol–water partition coefficient (Wildman–Crippen LogP) is 6.76. The number of nitrogens with zero attached hydrogens (tertiary/aromatic N) is 1. The molecule has 0 aliphatic heterocycles. The molecule has 0 bridgehead atoms. The van der Waals surface area contributed by atoms with Crippen molar-refractivity contribution in [3.05, 3.63) is 62.9 Å². The van der Waals surface area contributed by atoms with Crippen LogP contribution in [0.5, 0.6) is 5.75 Å². The second kappa shape index (κ2) is 9.31. The number of anilines is 1. The molecule has 0 atom stereocenters. The van der Waals surface area contributed by atoms with Gasteiger partial charge in [-0.25, -0.2) is 4.98 Å². The molecule has 2 aromatic carbocycles. The first-order valence-corrected chi connectivity index (χ1v) is 11.6. The Morgan fingerprint density at radius 2 is 1.87 bits per heavy atom. The number of carbonyl (C=O) groups excluding carboxylic acids is 1. The Hall–Kier alpha value is -2.18. The van der Waals surface area contributed by atoms with Crippen molar-refractivity contribution in [2.24, 2.45) is 0 Å². The standard InChI is InChI=1S/C24H27BrN2O2S/c1-6-20-22(16-8-10-17(25)11-9-16)27-23(30-20)26-21(28)14-29-19-12-7-15(2)13-18(19)24(3,4)5/h7-13H,6,14H2,1-5H3,(H,26,27,28). The summed E-state index contributed by atoms with van der Waals surface area (Å²) in [5.74, 6) is 0.529. The highest BCUT2D eigenvalue weighted by atomic mass is 79.9. The molecule has 0 saturated heterocycles. The number of rotatable bonds is 6. The van der Waals surface area contributed by atoms with Crippen LogP contribution in [0.3, 0.4) is 0 Å². The quantitative estimate of drug-likeness (QED) is 0.418. The summed E-state index contributed by atoms with van der Waals surface area (Å²) in [7, 11) is 0. The van der Waals surface area contributed by atoms with Crippen molar-refractivity contribution >= 4 is 38.3 Å². The Kier molecular flexibility index (Phi) is 6.98. The highest BCUT2D eigenvalue weighted by Gasteiger charge is 2.20. The van der Waals surface area contributed by atoms with Crippen LogP contribution in [0.2, 0.25) is 0 Å². The van der Waals surface area contributed by atoms with Crippen LogP contribution in [0.4, 0.5) is 5.13 Å². The van der Waals surface area contributed by atoms with E-state index in [1.165, 1.54) is 16.9 Å². The fourth-order valence-corrected chi connectivity index (χ4v) is 4.34. The van der Waals surface area contributed by atoms with Crippen LogP contribution in [-0.4, -0.2) is 17.5 Å². The largest absolute Gasteiger partial charge is 0.483 e. The van der Waals surface area contributed by atoms with Crippen LogP contribution in [0.1, 0.15) is 43.7 Å². The zero-order valence-corrected chi connectivity index (χ0v) is 20.4. The molecule has 0 saturated carbocycles. The molecule has 0 aliphatic carbocycles. The molecule has 0 aliphatic rings. The Balaban J connectivity index is 1.71. The molecule has 0 radical (unpaired) electrons. The van der Waals surface area contributed by atoms with Crippen LogP contribution in [0.15, 0.2) is 46.9 Å². The summed E-state index contributed by atoms with van der Waals surface area (Å²) in [5.41, 5.74) is 4.16. The topological polar surface area (TPSA) is 51.2 Å². The highest BCUT2D eigenvalue weighted by Crippen LogP contribution is 2.33. The number of benzene rings is 2. The van der Waals surface area contributed by atoms with Gasteiger partial charge in [0.15, 0.2) is 11.7 Å². The Labute approximate surface area is 190 Å². The molecule has 30 heavy (non-hydrogen) atoms. The molecule has 0 unspecified atom stereocenters. The molecule has 4 nitrogen and oxygen atoms in total. The van der Waals surface area contributed by atoms with E-state index in [1.54, 1.807) is 0 Å². The van der Waals surface area contributed by atoms with Gasteiger partial charge in [-0.2, -0.15) is 0 Å². The van der Waals surface area contributed by atoms with Gasteiger partial charge in [0.25, 0.3) is 5.91 Å². The van der Waals surface area contributed by atoms with E-state index in [0.29, 0.717) is 5.13 Å². The van der Waals surface area contributed by atoms with Gasteiger partial charge >= 0.3 is 0 Å². The molecule has 1 aromatic heterocycles. The van der Waals surface area contributed by atoms with E-state index in [4.69, 9.17) is 4.74 Å². The normalized spacial score (nSPS) is 11.4. The van der Waals surface area contributed by atoms with Crippen LogP contribution in [-0.2, 0) is 16.6 Å². The molecular formula is C24H27BrN2O2S. The van der Waals surface area contributed by atoms with Gasteiger partial charge < -0.3 is 4.74 Å². The van der Waals surface area contributed by atoms with Gasteiger partial charge in [-0.1, -0.05) is 73.5 Å². The van der Waals surface area contributed by atoms with Crippen molar-refractivity contribution in [1.82, 2.24) is 4.98 Å². The van der Waals surface area contributed by atoms with E-state index < -0.39 is 0 Å². The van der Waals surface area contributed by atoms with Gasteiger partial charge in [-0.15, -0.1) is 11.3 Å². The fraction of sp³-hybridized carbons (Fsp3) is 0.333. The lowest BCUT2D eigenvalue weighted by molar-refractivity contribution is -0.118. The minimum absolute atomic E-state index is 0.0548. The molecule has 158 valence electrons. The third-order valence-corrected chi connectivity index (χ3v) is 6.33. The number of amides is 1. The van der Waals surface area contributed by atoms with Gasteiger partial charge in [0, 0.05) is 14.9 Å². The van der Waals surface area contributed by atoms with E-state index in [1.807, 2.05) is 36.4 Å². The average Bonchev–Trinajstić information content (AvgIpc) is 3.09. The molecule has 6 heteroatoms. The number of ether oxygens (including phenoxy) is 1. The zero-order chi connectivity index (χ0) is 21.9. The van der Waals surface area contributed by atoms with E-state index in [0.717, 1.165) is 38.3 Å². The number of aromatic nitrogens is 1. The minimum atomic E-state index is -0.214. The Bertz CT molecular complexity index is 1040. The molecule has 0 fully saturated rings. The lowest BCUT2D eigenvalue weighted by atomic mass is 9.85. The van der Waals surface area contributed by atoms with Crippen molar-refractivity contribution in [3.63, 3.8) is 0 Å². The second-order valence-electron chi connectivity index (χ2n) is 8.24. The summed E-state index contributed by atoms with van der Waals surface area (Å²) in [5, 5.41) is 3.49. The SMILES string of the molecule is CCc1sc(NC(=O)COc2ccc(C)cc2C(C)(C)C)nc1-c1ccc(Br)cc1. The van der Waals surface area contributed by atoms with Crippen LogP contribution in [0.25, 0.3) is 11.3 Å². The third-order valence-electron chi connectivity index (χ3n) is 4.68. The first-order valence-electron chi connectivity index (χ1n) is 9.96. The lowest BCUT2D eigenvalue weighted by Gasteiger charge is -2.23. The van der Waals surface area contributed by atoms with Crippen molar-refractivity contribution in [3.8, 4) is 17.0 Å². The molecule has 3 rings (SSSR count). The van der Waals surface area contributed by atoms with Crippen molar-refractivity contribution in [2.75, 3.05) is 11.9 Å². The fourth-order valence-electron chi connectivity index (χ4n) is 3.13. The molecule has 1 N–H and O–H groups in total. The maximum absolute atomic E-state index is 12.5. The first-order chi connectivity index (χ1) is 14.2. The molecule has 3 aromatic rings. The Morgan fingerprint density at radius 3 is 2.50 bits per heavy atom. The summed E-state index contributed by atoms with van der Waals surface area (Å²) in [6, 6.07) is 14.1. The van der Waals surface area contributed by atoms with E-state index in [-0.39, 0.29) is 17.9 Å². The number of carbonyl (C=O) groups is 1. The smallest absolute Gasteiger partial charge is 0.264 e. The van der Waals surface area contributed by atoms with E-state index in [2.05, 4.69) is 66.9 Å². The van der Waals surface area contributed by atoms with Crippen LogP contribution >= 0.6 is 27.3 Å². The summed E-state index contributed by atoms with van der Waals surface area (Å²) in [6.45, 7) is 10.5. The maximum Gasteiger partial charge on any atom is 0.264 e. The highest BCUT2D eigenvalue weighted by molar-refractivity contribution is 9.10. The minimum Gasteiger partial charge on any atom is -0.483 e. The summed E-state index contributed by atoms with van der Waals surface area (Å²) < 4.78 is 6.90. The number of thiazole rings is 1. The van der Waals surface area contributed by atoms with Crippen LogP contribution < -0.4 is 10.1 Å².